The van der Waals surface area contributed by atoms with Crippen LogP contribution >= 0.6 is 0 Å². The maximum Gasteiger partial charge on any atom is 0.406 e. The monoisotopic (exact) mass is 543 g/mol. The SMILES string of the molecule is CCc1cccc(-c2c(F)cccc2C(O)(CCCNC(=O)OC)[C@@H]2CCCN(C(=O)CC[C@@H](N)CO)C2)c1. The van der Waals surface area contributed by atoms with E-state index in [0.717, 1.165) is 12.0 Å². The lowest BCUT2D eigenvalue weighted by atomic mass is 9.72. The van der Waals surface area contributed by atoms with Crippen molar-refractivity contribution in [3.63, 3.8) is 0 Å². The molecule has 1 heterocycles. The van der Waals surface area contributed by atoms with Gasteiger partial charge in [0.15, 0.2) is 0 Å². The van der Waals surface area contributed by atoms with Gasteiger partial charge in [0.05, 0.1) is 19.3 Å². The lowest BCUT2D eigenvalue weighted by Gasteiger charge is -2.44. The summed E-state index contributed by atoms with van der Waals surface area (Å²) in [5.74, 6) is -0.850. The van der Waals surface area contributed by atoms with Gasteiger partial charge < -0.3 is 30.9 Å². The number of halogens is 1. The van der Waals surface area contributed by atoms with Crippen molar-refractivity contribution in [1.82, 2.24) is 10.2 Å². The Kier molecular flexibility index (Phi) is 11.3. The van der Waals surface area contributed by atoms with Gasteiger partial charge in [0.1, 0.15) is 5.82 Å². The zero-order valence-electron chi connectivity index (χ0n) is 23.0. The van der Waals surface area contributed by atoms with Gasteiger partial charge in [0.25, 0.3) is 0 Å². The lowest BCUT2D eigenvalue weighted by Crippen LogP contribution is -2.48. The first-order valence-electron chi connectivity index (χ1n) is 13.8. The van der Waals surface area contributed by atoms with Crippen molar-refractivity contribution in [3.8, 4) is 11.1 Å². The number of methoxy groups -OCH3 is 1. The molecule has 5 N–H and O–H groups in total. The molecule has 0 radical (unpaired) electrons. The summed E-state index contributed by atoms with van der Waals surface area (Å²) >= 11 is 0. The molecule has 2 aromatic rings. The fourth-order valence-corrected chi connectivity index (χ4v) is 5.46. The number of nitrogens with one attached hydrogen (secondary N) is 1. The minimum atomic E-state index is -1.46. The zero-order chi connectivity index (χ0) is 28.4. The molecule has 1 fully saturated rings. The van der Waals surface area contributed by atoms with Crippen molar-refractivity contribution < 1.29 is 28.9 Å². The number of nitrogens with zero attached hydrogens (tertiary/aromatic N) is 1. The van der Waals surface area contributed by atoms with Crippen LogP contribution in [0.1, 0.15) is 56.6 Å². The summed E-state index contributed by atoms with van der Waals surface area (Å²) in [6.07, 6.45) is 2.85. The van der Waals surface area contributed by atoms with Crippen LogP contribution < -0.4 is 11.1 Å². The molecule has 214 valence electrons. The number of carbonyl (C=O) groups is 2. The number of amides is 2. The van der Waals surface area contributed by atoms with Crippen LogP contribution in [0.4, 0.5) is 9.18 Å². The first-order valence-corrected chi connectivity index (χ1v) is 13.8. The molecule has 0 aliphatic carbocycles. The van der Waals surface area contributed by atoms with Crippen molar-refractivity contribution in [2.75, 3.05) is 33.4 Å². The van der Waals surface area contributed by atoms with Crippen molar-refractivity contribution in [3.05, 3.63) is 59.4 Å². The number of likely N-dealkylation sites (tertiary alicyclic amines) is 1. The number of piperidine rings is 1. The second-order valence-corrected chi connectivity index (χ2v) is 10.3. The molecule has 3 rings (SSSR count). The number of hydrogen-bond acceptors (Lipinski definition) is 6. The first kappa shape index (κ1) is 30.5. The fraction of sp³-hybridized carbons (Fsp3) is 0.533. The van der Waals surface area contributed by atoms with Crippen molar-refractivity contribution in [2.24, 2.45) is 11.7 Å². The Bertz CT molecular complexity index is 1110. The highest BCUT2D eigenvalue weighted by molar-refractivity contribution is 5.76. The van der Waals surface area contributed by atoms with E-state index in [1.54, 1.807) is 17.0 Å². The standard InChI is InChI=1S/C30H42FN3O5/c1-3-21-8-4-9-22(18-21)28-25(11-5-12-26(28)31)30(38,15-7-16-33-29(37)39-2)23-10-6-17-34(19-23)27(36)14-13-24(32)20-35/h4-5,8-9,11-12,18,23-24,35,38H,3,6-7,10,13-17,19-20,32H2,1-2H3,(H,33,37)/t23-,24-,30?/m1/s1. The highest BCUT2D eigenvalue weighted by Gasteiger charge is 2.43. The third kappa shape index (κ3) is 7.77. The molecule has 8 nitrogen and oxygen atoms in total. The van der Waals surface area contributed by atoms with Crippen LogP contribution in [-0.2, 0) is 21.6 Å². The Hall–Kier alpha value is -3.01. The third-order valence-electron chi connectivity index (χ3n) is 7.71. The Morgan fingerprint density at radius 3 is 2.77 bits per heavy atom. The number of aliphatic hydroxyl groups is 2. The summed E-state index contributed by atoms with van der Waals surface area (Å²) in [6.45, 7) is 3.01. The van der Waals surface area contributed by atoms with Gasteiger partial charge in [-0.3, -0.25) is 4.79 Å². The van der Waals surface area contributed by atoms with Crippen LogP contribution in [-0.4, -0.2) is 66.5 Å². The van der Waals surface area contributed by atoms with E-state index in [-0.39, 0.29) is 37.8 Å². The molecule has 0 aromatic heterocycles. The molecule has 2 amide bonds. The Labute approximate surface area is 230 Å². The Morgan fingerprint density at radius 1 is 1.28 bits per heavy atom. The first-order chi connectivity index (χ1) is 18.7. The van der Waals surface area contributed by atoms with Crippen molar-refractivity contribution >= 4 is 12.0 Å². The minimum absolute atomic E-state index is 0.0755. The van der Waals surface area contributed by atoms with Gasteiger partial charge in [-0.1, -0.05) is 43.3 Å². The van der Waals surface area contributed by atoms with Gasteiger partial charge >= 0.3 is 6.09 Å². The number of alkyl carbamates (subject to hydrolysis) is 1. The average Bonchev–Trinajstić information content (AvgIpc) is 2.97. The summed E-state index contributed by atoms with van der Waals surface area (Å²) < 4.78 is 20.2. The molecule has 1 aliphatic rings. The molecule has 1 unspecified atom stereocenters. The largest absolute Gasteiger partial charge is 0.453 e. The van der Waals surface area contributed by atoms with Crippen LogP contribution in [0.2, 0.25) is 0 Å². The number of ether oxygens (including phenoxy) is 1. The van der Waals surface area contributed by atoms with Crippen LogP contribution in [0.5, 0.6) is 0 Å². The molecule has 1 saturated heterocycles. The third-order valence-corrected chi connectivity index (χ3v) is 7.71. The van der Waals surface area contributed by atoms with Gasteiger partial charge in [-0.25, -0.2) is 9.18 Å². The number of hydrogen-bond donors (Lipinski definition) is 4. The molecular formula is C30H42FN3O5. The number of carbonyl (C=O) groups excluding carboxylic acids is 2. The Morgan fingerprint density at radius 2 is 2.05 bits per heavy atom. The highest BCUT2D eigenvalue weighted by Crippen LogP contribution is 2.44. The number of aliphatic hydroxyl groups excluding tert-OH is 1. The lowest BCUT2D eigenvalue weighted by molar-refractivity contribution is -0.137. The summed E-state index contributed by atoms with van der Waals surface area (Å²) in [6, 6.07) is 12.0. The number of benzene rings is 2. The molecule has 39 heavy (non-hydrogen) atoms. The van der Waals surface area contributed by atoms with E-state index >= 15 is 4.39 Å². The summed E-state index contributed by atoms with van der Waals surface area (Å²) in [7, 11) is 1.29. The minimum Gasteiger partial charge on any atom is -0.453 e. The number of aryl methyl sites for hydroxylation is 1. The van der Waals surface area contributed by atoms with Crippen LogP contribution in [0.25, 0.3) is 11.1 Å². The molecular weight excluding hydrogens is 501 g/mol. The van der Waals surface area contributed by atoms with Crippen molar-refractivity contribution in [2.45, 2.75) is 63.5 Å². The molecule has 2 aromatic carbocycles. The number of nitrogens with two attached hydrogens (primary N) is 1. The number of rotatable bonds is 12. The van der Waals surface area contributed by atoms with E-state index in [2.05, 4.69) is 10.1 Å². The quantitative estimate of drug-likeness (QED) is 0.303. The average molecular weight is 544 g/mol. The van der Waals surface area contributed by atoms with Gasteiger partial charge in [-0.2, -0.15) is 0 Å². The van der Waals surface area contributed by atoms with Gasteiger partial charge in [-0.15, -0.1) is 0 Å². The van der Waals surface area contributed by atoms with Crippen LogP contribution in [0.3, 0.4) is 0 Å². The highest BCUT2D eigenvalue weighted by atomic mass is 19.1. The van der Waals surface area contributed by atoms with E-state index in [1.165, 1.54) is 13.2 Å². The van der Waals surface area contributed by atoms with E-state index in [1.807, 2.05) is 31.2 Å². The zero-order valence-corrected chi connectivity index (χ0v) is 23.0. The van der Waals surface area contributed by atoms with E-state index in [0.29, 0.717) is 55.5 Å². The summed E-state index contributed by atoms with van der Waals surface area (Å²) in [5.41, 5.74) is 6.92. The second-order valence-electron chi connectivity index (χ2n) is 10.3. The Balaban J connectivity index is 1.97. The fourth-order valence-electron chi connectivity index (χ4n) is 5.46. The van der Waals surface area contributed by atoms with E-state index in [9.17, 15) is 19.8 Å². The summed E-state index contributed by atoms with van der Waals surface area (Å²) in [4.78, 5) is 26.3. The second kappa shape index (κ2) is 14.4. The van der Waals surface area contributed by atoms with Gasteiger partial charge in [-0.05, 0) is 61.3 Å². The van der Waals surface area contributed by atoms with E-state index in [4.69, 9.17) is 5.73 Å². The molecule has 0 saturated carbocycles. The molecule has 0 spiro atoms. The van der Waals surface area contributed by atoms with Crippen molar-refractivity contribution in [1.29, 1.82) is 0 Å². The molecule has 0 bridgehead atoms. The van der Waals surface area contributed by atoms with E-state index < -0.39 is 23.6 Å². The topological polar surface area (TPSA) is 125 Å². The smallest absolute Gasteiger partial charge is 0.406 e. The van der Waals surface area contributed by atoms with Gasteiger partial charge in [0.2, 0.25) is 5.91 Å². The predicted molar refractivity (Wildman–Crippen MR) is 148 cm³/mol. The normalized spacial score (nSPS) is 17.8. The maximum absolute atomic E-state index is 15.5. The predicted octanol–water partition coefficient (Wildman–Crippen LogP) is 3.72. The molecule has 3 atom stereocenters. The van der Waals surface area contributed by atoms with Gasteiger partial charge in [0, 0.05) is 43.6 Å². The van der Waals surface area contributed by atoms with Crippen LogP contribution in [0.15, 0.2) is 42.5 Å². The summed E-state index contributed by atoms with van der Waals surface area (Å²) in [5, 5.41) is 24.3. The van der Waals surface area contributed by atoms with Crippen LogP contribution in [0, 0.1) is 11.7 Å². The maximum atomic E-state index is 15.5. The molecule has 9 heteroatoms. The molecule has 1 aliphatic heterocycles.